The summed E-state index contributed by atoms with van der Waals surface area (Å²) in [5.41, 5.74) is 0.903. The molecule has 1 aromatic heterocycles. The molecule has 0 aliphatic heterocycles. The monoisotopic (exact) mass is 396 g/mol. The Morgan fingerprint density at radius 3 is 2.00 bits per heavy atom. The van der Waals surface area contributed by atoms with Gasteiger partial charge in [-0.15, -0.1) is 0 Å². The highest BCUT2D eigenvalue weighted by atomic mass is 16.2. The van der Waals surface area contributed by atoms with Crippen molar-refractivity contribution in [2.45, 2.75) is 79.3 Å². The van der Waals surface area contributed by atoms with Crippen molar-refractivity contribution in [1.29, 1.82) is 0 Å². The molecular weight excluding hydrogens is 360 g/mol. The lowest BCUT2D eigenvalue weighted by molar-refractivity contribution is 0.0461. The number of amides is 1. The van der Waals surface area contributed by atoms with Crippen molar-refractivity contribution in [2.75, 3.05) is 0 Å². The summed E-state index contributed by atoms with van der Waals surface area (Å²) in [5.74, 6) is 0.0120. The second-order valence-corrected chi connectivity index (χ2v) is 8.89. The van der Waals surface area contributed by atoms with Crippen LogP contribution in [0.3, 0.4) is 0 Å². The number of hydrogen-bond acceptors (Lipinski definition) is 2. The SMILES string of the molecule is CCC(CC)(CC)C(=O)n1ccc(C(=O)N([C@H](C)c2ccccc2)C(C)(C)C)c1. The summed E-state index contributed by atoms with van der Waals surface area (Å²) in [6.07, 6.45) is 5.81. The summed E-state index contributed by atoms with van der Waals surface area (Å²) in [5, 5.41) is 0. The average molecular weight is 397 g/mol. The third-order valence-corrected chi connectivity index (χ3v) is 6.27. The van der Waals surface area contributed by atoms with E-state index < -0.39 is 0 Å². The Labute approximate surface area is 175 Å². The van der Waals surface area contributed by atoms with Gasteiger partial charge in [-0.25, -0.2) is 0 Å². The number of rotatable bonds is 7. The van der Waals surface area contributed by atoms with E-state index in [0.717, 1.165) is 24.8 Å². The van der Waals surface area contributed by atoms with Crippen molar-refractivity contribution < 1.29 is 9.59 Å². The van der Waals surface area contributed by atoms with Gasteiger partial charge in [-0.3, -0.25) is 14.2 Å². The minimum Gasteiger partial charge on any atom is -0.327 e. The lowest BCUT2D eigenvalue weighted by Crippen LogP contribution is -2.47. The third kappa shape index (κ3) is 4.63. The minimum absolute atomic E-state index is 0.0597. The van der Waals surface area contributed by atoms with Gasteiger partial charge in [-0.1, -0.05) is 51.1 Å². The molecule has 0 bridgehead atoms. The van der Waals surface area contributed by atoms with Crippen LogP contribution in [-0.2, 0) is 0 Å². The number of nitrogens with zero attached hydrogens (tertiary/aromatic N) is 2. The molecule has 158 valence electrons. The Bertz CT molecular complexity index is 818. The number of aromatic nitrogens is 1. The first kappa shape index (κ1) is 22.9. The van der Waals surface area contributed by atoms with Crippen LogP contribution in [0.25, 0.3) is 0 Å². The van der Waals surface area contributed by atoms with Crippen LogP contribution in [0.15, 0.2) is 48.8 Å². The number of carbonyl (C=O) groups excluding carboxylic acids is 2. The Morgan fingerprint density at radius 2 is 1.52 bits per heavy atom. The van der Waals surface area contributed by atoms with E-state index in [1.54, 1.807) is 23.0 Å². The van der Waals surface area contributed by atoms with Gasteiger partial charge >= 0.3 is 0 Å². The lowest BCUT2D eigenvalue weighted by Gasteiger charge is -2.40. The first-order valence-electron chi connectivity index (χ1n) is 10.7. The van der Waals surface area contributed by atoms with Crippen LogP contribution in [-0.4, -0.2) is 26.8 Å². The highest BCUT2D eigenvalue weighted by molar-refractivity contribution is 5.96. The summed E-state index contributed by atoms with van der Waals surface area (Å²) >= 11 is 0. The molecule has 0 fully saturated rings. The molecule has 0 saturated heterocycles. The summed E-state index contributed by atoms with van der Waals surface area (Å²) < 4.78 is 1.61. The molecule has 1 amide bonds. The quantitative estimate of drug-likeness (QED) is 0.547. The molecule has 0 unspecified atom stereocenters. The van der Waals surface area contributed by atoms with Gasteiger partial charge in [0.1, 0.15) is 0 Å². The molecule has 0 saturated carbocycles. The van der Waals surface area contributed by atoms with Crippen molar-refractivity contribution in [2.24, 2.45) is 5.41 Å². The van der Waals surface area contributed by atoms with Gasteiger partial charge in [0.05, 0.1) is 11.6 Å². The normalized spacial score (nSPS) is 13.2. The van der Waals surface area contributed by atoms with Crippen LogP contribution in [0.2, 0.25) is 0 Å². The molecule has 4 heteroatoms. The van der Waals surface area contributed by atoms with Gasteiger partial charge in [-0.05, 0) is 58.6 Å². The van der Waals surface area contributed by atoms with Crippen molar-refractivity contribution in [1.82, 2.24) is 9.47 Å². The topological polar surface area (TPSA) is 42.3 Å². The van der Waals surface area contributed by atoms with E-state index >= 15 is 0 Å². The van der Waals surface area contributed by atoms with Crippen molar-refractivity contribution in [3.8, 4) is 0 Å². The molecule has 2 aromatic rings. The molecule has 0 radical (unpaired) electrons. The van der Waals surface area contributed by atoms with Crippen LogP contribution >= 0.6 is 0 Å². The van der Waals surface area contributed by atoms with Gasteiger partial charge in [0.25, 0.3) is 5.91 Å². The molecule has 0 aliphatic rings. The van der Waals surface area contributed by atoms with E-state index in [1.165, 1.54) is 0 Å². The van der Waals surface area contributed by atoms with Crippen LogP contribution < -0.4 is 0 Å². The zero-order valence-electron chi connectivity index (χ0n) is 19.0. The molecule has 0 aliphatic carbocycles. The van der Waals surface area contributed by atoms with E-state index in [2.05, 4.69) is 27.7 Å². The standard InChI is InChI=1S/C25H36N2O2/c1-8-25(9-2,10-3)23(29)26-17-16-21(18-26)22(28)27(24(5,6)7)19(4)20-14-12-11-13-15-20/h11-19H,8-10H2,1-7H3/t19-/m1/s1. The van der Waals surface area contributed by atoms with Crippen LogP contribution in [0.1, 0.15) is 94.5 Å². The Kier molecular flexibility index (Phi) is 7.10. The molecule has 1 heterocycles. The van der Waals surface area contributed by atoms with Gasteiger partial charge in [0, 0.05) is 23.3 Å². The summed E-state index contributed by atoms with van der Waals surface area (Å²) in [6.45, 7) is 14.4. The number of benzene rings is 1. The fourth-order valence-electron chi connectivity index (χ4n) is 4.21. The number of carbonyl (C=O) groups is 2. The van der Waals surface area contributed by atoms with Crippen molar-refractivity contribution in [3.05, 3.63) is 59.9 Å². The first-order valence-corrected chi connectivity index (χ1v) is 10.7. The summed E-state index contributed by atoms with van der Waals surface area (Å²) in [4.78, 5) is 28.6. The third-order valence-electron chi connectivity index (χ3n) is 6.27. The van der Waals surface area contributed by atoms with Crippen molar-refractivity contribution in [3.63, 3.8) is 0 Å². The van der Waals surface area contributed by atoms with Crippen LogP contribution in [0.4, 0.5) is 0 Å². The second kappa shape index (κ2) is 8.98. The second-order valence-electron chi connectivity index (χ2n) is 8.89. The molecule has 0 spiro atoms. The maximum Gasteiger partial charge on any atom is 0.256 e. The Balaban J connectivity index is 2.38. The average Bonchev–Trinajstić information content (AvgIpc) is 3.19. The minimum atomic E-state index is -0.375. The lowest BCUT2D eigenvalue weighted by atomic mass is 9.79. The van der Waals surface area contributed by atoms with E-state index in [1.807, 2.05) is 56.0 Å². The highest BCUT2D eigenvalue weighted by Gasteiger charge is 2.36. The Hall–Kier alpha value is -2.36. The molecule has 2 rings (SSSR count). The van der Waals surface area contributed by atoms with Gasteiger partial charge in [-0.2, -0.15) is 0 Å². The maximum absolute atomic E-state index is 13.5. The fourth-order valence-corrected chi connectivity index (χ4v) is 4.21. The van der Waals surface area contributed by atoms with Gasteiger partial charge < -0.3 is 4.90 Å². The predicted octanol–water partition coefficient (Wildman–Crippen LogP) is 6.35. The Morgan fingerprint density at radius 1 is 0.966 bits per heavy atom. The summed E-state index contributed by atoms with van der Waals surface area (Å²) in [6, 6.07) is 11.7. The molecule has 1 aromatic carbocycles. The first-order chi connectivity index (χ1) is 13.6. The zero-order chi connectivity index (χ0) is 21.8. The van der Waals surface area contributed by atoms with Gasteiger partial charge in [0.15, 0.2) is 0 Å². The smallest absolute Gasteiger partial charge is 0.256 e. The largest absolute Gasteiger partial charge is 0.327 e. The zero-order valence-corrected chi connectivity index (χ0v) is 19.0. The van der Waals surface area contributed by atoms with E-state index in [0.29, 0.717) is 5.56 Å². The summed E-state index contributed by atoms with van der Waals surface area (Å²) in [7, 11) is 0. The number of hydrogen-bond donors (Lipinski definition) is 0. The molecule has 4 nitrogen and oxygen atoms in total. The van der Waals surface area contributed by atoms with E-state index in [9.17, 15) is 9.59 Å². The molecule has 0 N–H and O–H groups in total. The van der Waals surface area contributed by atoms with Crippen molar-refractivity contribution >= 4 is 11.8 Å². The van der Waals surface area contributed by atoms with Crippen LogP contribution in [0.5, 0.6) is 0 Å². The van der Waals surface area contributed by atoms with E-state index in [-0.39, 0.29) is 28.8 Å². The fraction of sp³-hybridized carbons (Fsp3) is 0.520. The highest BCUT2D eigenvalue weighted by Crippen LogP contribution is 2.33. The molecular formula is C25H36N2O2. The molecule has 1 atom stereocenters. The maximum atomic E-state index is 13.5. The molecule has 29 heavy (non-hydrogen) atoms. The van der Waals surface area contributed by atoms with E-state index in [4.69, 9.17) is 0 Å². The van der Waals surface area contributed by atoms with Gasteiger partial charge in [0.2, 0.25) is 5.91 Å². The van der Waals surface area contributed by atoms with Crippen LogP contribution in [0, 0.1) is 5.41 Å². The predicted molar refractivity (Wildman–Crippen MR) is 119 cm³/mol.